The van der Waals surface area contributed by atoms with E-state index in [1.165, 1.54) is 0 Å². The molecule has 0 unspecified atom stereocenters. The summed E-state index contributed by atoms with van der Waals surface area (Å²) in [6.07, 6.45) is 0. The monoisotopic (exact) mass is 199 g/mol. The first-order chi connectivity index (χ1) is 6.61. The van der Waals surface area contributed by atoms with Crippen LogP contribution < -0.4 is 0 Å². The normalized spacial score (nSPS) is 17.7. The van der Waals surface area contributed by atoms with Crippen LogP contribution in [0.5, 0.6) is 0 Å². The molecular formula is C11H25N3. The average molecular weight is 199 g/mol. The Labute approximate surface area is 88.6 Å². The molecule has 14 heavy (non-hydrogen) atoms. The summed E-state index contributed by atoms with van der Waals surface area (Å²) < 4.78 is 0. The van der Waals surface area contributed by atoms with E-state index >= 15 is 0 Å². The van der Waals surface area contributed by atoms with E-state index in [4.69, 9.17) is 5.41 Å². The van der Waals surface area contributed by atoms with E-state index in [0.717, 1.165) is 32.0 Å². The Bertz CT molecular complexity index is 158. The van der Waals surface area contributed by atoms with Crippen molar-refractivity contribution >= 4 is 5.84 Å². The van der Waals surface area contributed by atoms with Crippen molar-refractivity contribution in [3.8, 4) is 0 Å². The van der Waals surface area contributed by atoms with Crippen LogP contribution in [-0.2, 0) is 0 Å². The molecule has 0 radical (unpaired) electrons. The molecule has 3 nitrogen and oxygen atoms in total. The summed E-state index contributed by atoms with van der Waals surface area (Å²) in [4.78, 5) is 4.49. The topological polar surface area (TPSA) is 30.3 Å². The van der Waals surface area contributed by atoms with Crippen molar-refractivity contribution in [3.05, 3.63) is 0 Å². The first-order valence-corrected chi connectivity index (χ1v) is 5.63. The Morgan fingerprint density at radius 2 is 1.50 bits per heavy atom. The third-order valence-electron chi connectivity index (χ3n) is 2.39. The van der Waals surface area contributed by atoms with Crippen molar-refractivity contribution in [2.45, 2.75) is 27.7 Å². The van der Waals surface area contributed by atoms with E-state index in [1.807, 2.05) is 13.8 Å². The number of nitrogens with zero attached hydrogens (tertiary/aromatic N) is 2. The Kier molecular flexibility index (Phi) is 6.54. The van der Waals surface area contributed by atoms with Crippen molar-refractivity contribution in [1.29, 1.82) is 5.41 Å². The smallest absolute Gasteiger partial charge is 0.0984 e. The molecule has 3 heteroatoms. The van der Waals surface area contributed by atoms with E-state index in [2.05, 4.69) is 30.7 Å². The lowest BCUT2D eigenvalue weighted by molar-refractivity contribution is 0.210. The van der Waals surface area contributed by atoms with Gasteiger partial charge in [0.1, 0.15) is 0 Å². The van der Waals surface area contributed by atoms with Crippen molar-refractivity contribution in [2.24, 2.45) is 5.92 Å². The highest BCUT2D eigenvalue weighted by atomic mass is 15.3. The molecule has 84 valence electrons. The summed E-state index contributed by atoms with van der Waals surface area (Å²) in [6, 6.07) is 0. The number of nitrogens with one attached hydrogen (secondary N) is 1. The van der Waals surface area contributed by atoms with Crippen molar-refractivity contribution in [2.75, 3.05) is 33.2 Å². The minimum Gasteiger partial charge on any atom is -0.358 e. The lowest BCUT2D eigenvalue weighted by Gasteiger charge is -2.35. The molecule has 0 bridgehead atoms. The SMILES string of the molecule is CC.CC(C)C(=N)N1CCN(C)CC1. The fourth-order valence-electron chi connectivity index (χ4n) is 1.41. The Morgan fingerprint density at radius 3 is 1.86 bits per heavy atom. The molecule has 0 saturated carbocycles. The molecule has 0 aromatic rings. The van der Waals surface area contributed by atoms with Gasteiger partial charge in [-0.2, -0.15) is 0 Å². The van der Waals surface area contributed by atoms with Crippen LogP contribution in [0.15, 0.2) is 0 Å². The summed E-state index contributed by atoms with van der Waals surface area (Å²) in [7, 11) is 2.14. The molecule has 1 N–H and O–H groups in total. The fourth-order valence-corrected chi connectivity index (χ4v) is 1.41. The Morgan fingerprint density at radius 1 is 1.07 bits per heavy atom. The Balaban J connectivity index is 0.000000791. The van der Waals surface area contributed by atoms with Gasteiger partial charge in [-0.05, 0) is 7.05 Å². The van der Waals surface area contributed by atoms with Crippen LogP contribution in [0, 0.1) is 11.3 Å². The van der Waals surface area contributed by atoms with Crippen molar-refractivity contribution in [1.82, 2.24) is 9.80 Å². The number of piperazine rings is 1. The maximum absolute atomic E-state index is 7.81. The van der Waals surface area contributed by atoms with Gasteiger partial charge in [-0.1, -0.05) is 27.7 Å². The standard InChI is InChI=1S/C9H19N3.C2H6/c1-8(2)9(10)12-6-4-11(3)5-7-12;1-2/h8,10H,4-7H2,1-3H3;1-2H3. The molecule has 0 aliphatic carbocycles. The maximum Gasteiger partial charge on any atom is 0.0984 e. The number of hydrogen-bond donors (Lipinski definition) is 1. The maximum atomic E-state index is 7.81. The van der Waals surface area contributed by atoms with Crippen LogP contribution in [0.2, 0.25) is 0 Å². The second-order valence-corrected chi connectivity index (χ2v) is 3.83. The third kappa shape index (κ3) is 4.09. The first kappa shape index (κ1) is 13.4. The van der Waals surface area contributed by atoms with Crippen LogP contribution >= 0.6 is 0 Å². The summed E-state index contributed by atoms with van der Waals surface area (Å²) >= 11 is 0. The molecular weight excluding hydrogens is 174 g/mol. The minimum atomic E-state index is 0.369. The minimum absolute atomic E-state index is 0.369. The highest BCUT2D eigenvalue weighted by molar-refractivity contribution is 5.81. The zero-order valence-corrected chi connectivity index (χ0v) is 10.3. The number of hydrogen-bond acceptors (Lipinski definition) is 2. The molecule has 0 atom stereocenters. The molecule has 1 aliphatic heterocycles. The summed E-state index contributed by atoms with van der Waals surface area (Å²) in [5.74, 6) is 1.16. The van der Waals surface area contributed by atoms with Gasteiger partial charge in [0.15, 0.2) is 0 Å². The second kappa shape index (κ2) is 6.82. The summed E-state index contributed by atoms with van der Waals surface area (Å²) in [5.41, 5.74) is 0. The van der Waals surface area contributed by atoms with E-state index in [-0.39, 0.29) is 0 Å². The van der Waals surface area contributed by atoms with Crippen LogP contribution in [-0.4, -0.2) is 48.9 Å². The Hall–Kier alpha value is -0.570. The molecule has 0 aromatic carbocycles. The zero-order chi connectivity index (χ0) is 11.1. The van der Waals surface area contributed by atoms with Gasteiger partial charge < -0.3 is 9.80 Å². The van der Waals surface area contributed by atoms with Gasteiger partial charge in [0.25, 0.3) is 0 Å². The van der Waals surface area contributed by atoms with Gasteiger partial charge in [0.05, 0.1) is 5.84 Å². The van der Waals surface area contributed by atoms with Gasteiger partial charge >= 0.3 is 0 Å². The average Bonchev–Trinajstić information content (AvgIpc) is 2.21. The van der Waals surface area contributed by atoms with Crippen LogP contribution in [0.25, 0.3) is 0 Å². The van der Waals surface area contributed by atoms with Crippen molar-refractivity contribution in [3.63, 3.8) is 0 Å². The largest absolute Gasteiger partial charge is 0.358 e. The summed E-state index contributed by atoms with van der Waals surface area (Å²) in [5, 5.41) is 7.81. The predicted molar refractivity (Wildman–Crippen MR) is 63.0 cm³/mol. The van der Waals surface area contributed by atoms with E-state index in [1.54, 1.807) is 0 Å². The van der Waals surface area contributed by atoms with Crippen LogP contribution in [0.1, 0.15) is 27.7 Å². The molecule has 1 saturated heterocycles. The molecule has 0 spiro atoms. The first-order valence-electron chi connectivity index (χ1n) is 5.63. The zero-order valence-electron chi connectivity index (χ0n) is 10.3. The second-order valence-electron chi connectivity index (χ2n) is 3.83. The molecule has 1 aliphatic rings. The van der Waals surface area contributed by atoms with Crippen molar-refractivity contribution < 1.29 is 0 Å². The predicted octanol–water partition coefficient (Wildman–Crippen LogP) is 1.89. The van der Waals surface area contributed by atoms with Gasteiger partial charge in [0.2, 0.25) is 0 Å². The van der Waals surface area contributed by atoms with E-state index in [0.29, 0.717) is 5.92 Å². The fraction of sp³-hybridized carbons (Fsp3) is 0.909. The third-order valence-corrected chi connectivity index (χ3v) is 2.39. The number of rotatable bonds is 1. The summed E-state index contributed by atoms with van der Waals surface area (Å²) in [6.45, 7) is 12.4. The van der Waals surface area contributed by atoms with Gasteiger partial charge in [-0.3, -0.25) is 5.41 Å². The number of likely N-dealkylation sites (N-methyl/N-ethyl adjacent to an activating group) is 1. The van der Waals surface area contributed by atoms with Gasteiger partial charge in [0, 0.05) is 32.1 Å². The molecule has 1 rings (SSSR count). The van der Waals surface area contributed by atoms with E-state index in [9.17, 15) is 0 Å². The molecule has 0 amide bonds. The van der Waals surface area contributed by atoms with Crippen LogP contribution in [0.4, 0.5) is 0 Å². The van der Waals surface area contributed by atoms with Crippen LogP contribution in [0.3, 0.4) is 0 Å². The highest BCUT2D eigenvalue weighted by Gasteiger charge is 2.17. The molecule has 1 fully saturated rings. The van der Waals surface area contributed by atoms with Gasteiger partial charge in [-0.15, -0.1) is 0 Å². The lowest BCUT2D eigenvalue weighted by atomic mass is 10.1. The van der Waals surface area contributed by atoms with Gasteiger partial charge in [-0.25, -0.2) is 0 Å². The highest BCUT2D eigenvalue weighted by Crippen LogP contribution is 2.05. The van der Waals surface area contributed by atoms with E-state index < -0.39 is 0 Å². The molecule has 1 heterocycles. The number of amidine groups is 1. The lowest BCUT2D eigenvalue weighted by Crippen LogP contribution is -2.48. The molecule has 0 aromatic heterocycles. The quantitative estimate of drug-likeness (QED) is 0.516.